The number of hydrogen-bond donors (Lipinski definition) is 1. The second kappa shape index (κ2) is 5.82. The monoisotopic (exact) mass is 270 g/mol. The summed E-state index contributed by atoms with van der Waals surface area (Å²) in [5.41, 5.74) is 0.244. The molecule has 0 spiro atoms. The zero-order valence-electron chi connectivity index (χ0n) is 10.3. The van der Waals surface area contributed by atoms with Crippen LogP contribution in [0.25, 0.3) is 0 Å². The Balaban J connectivity index is 2.35. The van der Waals surface area contributed by atoms with Crippen molar-refractivity contribution in [2.75, 3.05) is 0 Å². The highest BCUT2D eigenvalue weighted by Crippen LogP contribution is 2.29. The van der Waals surface area contributed by atoms with Crippen LogP contribution in [0.5, 0.6) is 11.5 Å². The summed E-state index contributed by atoms with van der Waals surface area (Å²) in [4.78, 5) is 10.1. The molecule has 0 saturated heterocycles. The molecular formula is C14H10N2O4. The SMILES string of the molecule is N#Cc1cc(Oc2ccccc2CO)ccc1[N+](=O)[O-]. The van der Waals surface area contributed by atoms with Gasteiger partial charge in [-0.2, -0.15) is 5.26 Å². The second-order valence-corrected chi connectivity index (χ2v) is 3.92. The van der Waals surface area contributed by atoms with Gasteiger partial charge < -0.3 is 9.84 Å². The van der Waals surface area contributed by atoms with E-state index in [1.165, 1.54) is 18.2 Å². The van der Waals surface area contributed by atoms with E-state index < -0.39 is 4.92 Å². The number of nitriles is 1. The van der Waals surface area contributed by atoms with E-state index in [2.05, 4.69) is 0 Å². The Hall–Kier alpha value is -2.91. The zero-order valence-corrected chi connectivity index (χ0v) is 10.3. The van der Waals surface area contributed by atoms with Gasteiger partial charge in [0.05, 0.1) is 11.5 Å². The van der Waals surface area contributed by atoms with E-state index >= 15 is 0 Å². The van der Waals surface area contributed by atoms with Crippen LogP contribution >= 0.6 is 0 Å². The largest absolute Gasteiger partial charge is 0.457 e. The summed E-state index contributed by atoms with van der Waals surface area (Å²) in [5.74, 6) is 0.737. The lowest BCUT2D eigenvalue weighted by Gasteiger charge is -2.09. The van der Waals surface area contributed by atoms with Gasteiger partial charge in [0.2, 0.25) is 0 Å². The van der Waals surface area contributed by atoms with Gasteiger partial charge in [-0.1, -0.05) is 18.2 Å². The van der Waals surface area contributed by atoms with Gasteiger partial charge in [0.15, 0.2) is 0 Å². The molecule has 0 aromatic heterocycles. The Bertz CT molecular complexity index is 692. The van der Waals surface area contributed by atoms with Gasteiger partial charge in [0, 0.05) is 17.7 Å². The van der Waals surface area contributed by atoms with Crippen molar-refractivity contribution < 1.29 is 14.8 Å². The Kier molecular flexibility index (Phi) is 3.93. The normalized spacial score (nSPS) is 9.80. The number of aliphatic hydroxyl groups excluding tert-OH is 1. The van der Waals surface area contributed by atoms with Crippen molar-refractivity contribution in [1.82, 2.24) is 0 Å². The maximum atomic E-state index is 10.7. The standard InChI is InChI=1S/C14H10N2O4/c15-8-11-7-12(5-6-13(11)16(18)19)20-14-4-2-1-3-10(14)9-17/h1-7,17H,9H2. The number of aliphatic hydroxyl groups is 1. The fourth-order valence-corrected chi connectivity index (χ4v) is 1.69. The van der Waals surface area contributed by atoms with E-state index in [0.29, 0.717) is 17.1 Å². The molecule has 0 aliphatic heterocycles. The van der Waals surface area contributed by atoms with Crippen LogP contribution in [0.1, 0.15) is 11.1 Å². The first-order valence-corrected chi connectivity index (χ1v) is 5.71. The highest BCUT2D eigenvalue weighted by Gasteiger charge is 2.15. The average Bonchev–Trinajstić information content (AvgIpc) is 2.47. The zero-order chi connectivity index (χ0) is 14.5. The van der Waals surface area contributed by atoms with Crippen LogP contribution < -0.4 is 4.74 Å². The minimum absolute atomic E-state index is 0.0750. The van der Waals surface area contributed by atoms with Gasteiger partial charge in [-0.05, 0) is 12.1 Å². The molecule has 0 atom stereocenters. The number of nitrogens with zero attached hydrogens (tertiary/aromatic N) is 2. The molecule has 0 unspecified atom stereocenters. The minimum atomic E-state index is -0.621. The summed E-state index contributed by atoms with van der Waals surface area (Å²) in [6, 6.07) is 12.6. The lowest BCUT2D eigenvalue weighted by Crippen LogP contribution is -1.95. The molecule has 0 saturated carbocycles. The molecule has 1 N–H and O–H groups in total. The Morgan fingerprint density at radius 2 is 2.05 bits per heavy atom. The smallest absolute Gasteiger partial charge is 0.287 e. The van der Waals surface area contributed by atoms with Crippen LogP contribution in [0.2, 0.25) is 0 Å². The Labute approximate surface area is 114 Å². The number of ether oxygens (including phenoxy) is 1. The number of nitro groups is 1. The van der Waals surface area contributed by atoms with Crippen molar-refractivity contribution in [3.05, 3.63) is 63.7 Å². The van der Waals surface area contributed by atoms with Crippen molar-refractivity contribution in [3.63, 3.8) is 0 Å². The second-order valence-electron chi connectivity index (χ2n) is 3.92. The molecule has 100 valence electrons. The number of nitro benzene ring substituents is 1. The molecule has 2 rings (SSSR count). The topological polar surface area (TPSA) is 96.4 Å². The molecule has 20 heavy (non-hydrogen) atoms. The van der Waals surface area contributed by atoms with Gasteiger partial charge in [-0.25, -0.2) is 0 Å². The van der Waals surface area contributed by atoms with Crippen LogP contribution in [-0.2, 0) is 6.61 Å². The van der Waals surface area contributed by atoms with Crippen molar-refractivity contribution in [1.29, 1.82) is 5.26 Å². The summed E-state index contributed by atoms with van der Waals surface area (Å²) in [7, 11) is 0. The van der Waals surface area contributed by atoms with Gasteiger partial charge in [0.1, 0.15) is 23.1 Å². The summed E-state index contributed by atoms with van der Waals surface area (Å²) in [6.45, 7) is -0.186. The van der Waals surface area contributed by atoms with Gasteiger partial charge in [0.25, 0.3) is 5.69 Å². The molecule has 0 aliphatic carbocycles. The molecule has 0 radical (unpaired) electrons. The summed E-state index contributed by atoms with van der Waals surface area (Å²) in [5, 5.41) is 28.8. The van der Waals surface area contributed by atoms with Crippen LogP contribution in [-0.4, -0.2) is 10.0 Å². The van der Waals surface area contributed by atoms with Crippen molar-refractivity contribution in [2.24, 2.45) is 0 Å². The lowest BCUT2D eigenvalue weighted by molar-refractivity contribution is -0.385. The van der Waals surface area contributed by atoms with E-state index in [-0.39, 0.29) is 17.9 Å². The first kappa shape index (κ1) is 13.5. The average molecular weight is 270 g/mol. The fraction of sp³-hybridized carbons (Fsp3) is 0.0714. The van der Waals surface area contributed by atoms with E-state index in [4.69, 9.17) is 10.00 Å². The molecule has 0 aliphatic rings. The quantitative estimate of drug-likeness (QED) is 0.680. The predicted octanol–water partition coefficient (Wildman–Crippen LogP) is 2.75. The van der Waals surface area contributed by atoms with E-state index in [0.717, 1.165) is 0 Å². The molecule has 0 heterocycles. The summed E-state index contributed by atoms with van der Waals surface area (Å²) in [6.07, 6.45) is 0. The maximum absolute atomic E-state index is 10.7. The van der Waals surface area contributed by atoms with Crippen LogP contribution in [0, 0.1) is 21.4 Å². The predicted molar refractivity (Wildman–Crippen MR) is 70.3 cm³/mol. The first-order valence-electron chi connectivity index (χ1n) is 5.71. The third kappa shape index (κ3) is 2.74. The Morgan fingerprint density at radius 1 is 1.30 bits per heavy atom. The summed E-state index contributed by atoms with van der Waals surface area (Å²) < 4.78 is 5.54. The van der Waals surface area contributed by atoms with Crippen molar-refractivity contribution in [2.45, 2.75) is 6.61 Å². The molecular weight excluding hydrogens is 260 g/mol. The maximum Gasteiger partial charge on any atom is 0.287 e. The molecule has 2 aromatic carbocycles. The molecule has 2 aromatic rings. The molecule has 6 heteroatoms. The molecule has 0 bridgehead atoms. The molecule has 0 fully saturated rings. The number of benzene rings is 2. The Morgan fingerprint density at radius 3 is 2.70 bits per heavy atom. The van der Waals surface area contributed by atoms with E-state index in [9.17, 15) is 15.2 Å². The van der Waals surface area contributed by atoms with Gasteiger partial charge >= 0.3 is 0 Å². The third-order valence-corrected chi connectivity index (χ3v) is 2.66. The van der Waals surface area contributed by atoms with Crippen molar-refractivity contribution >= 4 is 5.69 Å². The highest BCUT2D eigenvalue weighted by molar-refractivity contribution is 5.53. The third-order valence-electron chi connectivity index (χ3n) is 2.66. The molecule has 0 amide bonds. The number of hydrogen-bond acceptors (Lipinski definition) is 5. The fourth-order valence-electron chi connectivity index (χ4n) is 1.69. The first-order chi connectivity index (χ1) is 9.65. The van der Waals surface area contributed by atoms with E-state index in [1.54, 1.807) is 30.3 Å². The minimum Gasteiger partial charge on any atom is -0.457 e. The molecule has 6 nitrogen and oxygen atoms in total. The van der Waals surface area contributed by atoms with E-state index in [1.807, 2.05) is 0 Å². The van der Waals surface area contributed by atoms with Crippen molar-refractivity contribution in [3.8, 4) is 17.6 Å². The highest BCUT2D eigenvalue weighted by atomic mass is 16.6. The number of para-hydroxylation sites is 1. The van der Waals surface area contributed by atoms with Crippen LogP contribution in [0.15, 0.2) is 42.5 Å². The van der Waals surface area contributed by atoms with Gasteiger partial charge in [-0.15, -0.1) is 0 Å². The number of rotatable bonds is 4. The summed E-state index contributed by atoms with van der Waals surface area (Å²) >= 11 is 0. The van der Waals surface area contributed by atoms with Crippen LogP contribution in [0.3, 0.4) is 0 Å². The van der Waals surface area contributed by atoms with Crippen LogP contribution in [0.4, 0.5) is 5.69 Å². The van der Waals surface area contributed by atoms with Gasteiger partial charge in [-0.3, -0.25) is 10.1 Å². The lowest BCUT2D eigenvalue weighted by atomic mass is 10.2.